The molecule has 0 spiro atoms. The fourth-order valence-electron chi connectivity index (χ4n) is 1.97. The van der Waals surface area contributed by atoms with Gasteiger partial charge in [0, 0.05) is 12.6 Å². The van der Waals surface area contributed by atoms with Gasteiger partial charge in [-0.05, 0) is 36.4 Å². The molecule has 1 N–H and O–H groups in total. The maximum Gasteiger partial charge on any atom is 0.244 e. The van der Waals surface area contributed by atoms with Gasteiger partial charge in [0.25, 0.3) is 0 Å². The Morgan fingerprint density at radius 1 is 0.958 bits per heavy atom. The van der Waals surface area contributed by atoms with Crippen molar-refractivity contribution in [3.8, 4) is 0 Å². The molecule has 0 aliphatic rings. The highest BCUT2D eigenvalue weighted by Crippen LogP contribution is 2.24. The van der Waals surface area contributed by atoms with Crippen LogP contribution >= 0.6 is 0 Å². The van der Waals surface area contributed by atoms with Crippen molar-refractivity contribution in [2.75, 3.05) is 16.8 Å². The van der Waals surface area contributed by atoms with Gasteiger partial charge in [0.15, 0.2) is 17.5 Å². The van der Waals surface area contributed by atoms with Crippen LogP contribution in [0.4, 0.5) is 28.9 Å². The molecule has 0 unspecified atom stereocenters. The van der Waals surface area contributed by atoms with Gasteiger partial charge in [0.1, 0.15) is 12.4 Å². The van der Waals surface area contributed by atoms with Crippen molar-refractivity contribution in [2.45, 2.75) is 6.92 Å². The third kappa shape index (κ3) is 3.89. The van der Waals surface area contributed by atoms with Crippen LogP contribution in [0.15, 0.2) is 36.4 Å². The molecular formula is C16H12F4N2O2. The van der Waals surface area contributed by atoms with E-state index in [1.165, 1.54) is 12.1 Å². The first kappa shape index (κ1) is 17.5. The molecule has 2 rings (SSSR count). The molecule has 0 saturated heterocycles. The Kier molecular flexibility index (Phi) is 5.18. The zero-order valence-corrected chi connectivity index (χ0v) is 12.4. The molecule has 0 aromatic heterocycles. The summed E-state index contributed by atoms with van der Waals surface area (Å²) in [6, 6.07) is 6.34. The van der Waals surface area contributed by atoms with Crippen LogP contribution in [-0.2, 0) is 9.59 Å². The van der Waals surface area contributed by atoms with Crippen LogP contribution in [0.2, 0.25) is 0 Å². The number of halogens is 4. The zero-order valence-electron chi connectivity index (χ0n) is 12.4. The van der Waals surface area contributed by atoms with Crippen molar-refractivity contribution in [3.05, 3.63) is 59.7 Å². The van der Waals surface area contributed by atoms with Crippen molar-refractivity contribution in [3.63, 3.8) is 0 Å². The van der Waals surface area contributed by atoms with Crippen LogP contribution in [0.3, 0.4) is 0 Å². The Balaban J connectivity index is 2.20. The van der Waals surface area contributed by atoms with Gasteiger partial charge in [-0.25, -0.2) is 17.6 Å². The minimum absolute atomic E-state index is 0.260. The van der Waals surface area contributed by atoms with Gasteiger partial charge >= 0.3 is 0 Å². The highest BCUT2D eigenvalue weighted by molar-refractivity contribution is 6.01. The molecule has 126 valence electrons. The van der Waals surface area contributed by atoms with Crippen molar-refractivity contribution in [2.24, 2.45) is 0 Å². The van der Waals surface area contributed by atoms with E-state index < -0.39 is 47.3 Å². The summed E-state index contributed by atoms with van der Waals surface area (Å²) in [5.41, 5.74) is -0.300. The second kappa shape index (κ2) is 7.12. The molecule has 2 aromatic carbocycles. The van der Waals surface area contributed by atoms with Gasteiger partial charge < -0.3 is 10.2 Å². The first-order chi connectivity index (χ1) is 11.3. The lowest BCUT2D eigenvalue weighted by atomic mass is 10.2. The lowest BCUT2D eigenvalue weighted by molar-refractivity contribution is -0.120. The molecular weight excluding hydrogens is 328 g/mol. The fourth-order valence-corrected chi connectivity index (χ4v) is 1.97. The second-order valence-electron chi connectivity index (χ2n) is 4.85. The van der Waals surface area contributed by atoms with Crippen molar-refractivity contribution >= 4 is 23.2 Å². The molecule has 2 aromatic rings. The van der Waals surface area contributed by atoms with Gasteiger partial charge in [-0.2, -0.15) is 0 Å². The smallest absolute Gasteiger partial charge is 0.244 e. The Morgan fingerprint density at radius 3 is 2.17 bits per heavy atom. The summed E-state index contributed by atoms with van der Waals surface area (Å²) in [6.45, 7) is 0.417. The van der Waals surface area contributed by atoms with E-state index in [-0.39, 0.29) is 5.69 Å². The van der Waals surface area contributed by atoms with E-state index in [0.717, 1.165) is 25.1 Å². The predicted octanol–water partition coefficient (Wildman–Crippen LogP) is 3.23. The van der Waals surface area contributed by atoms with E-state index in [2.05, 4.69) is 5.32 Å². The summed E-state index contributed by atoms with van der Waals surface area (Å²) in [4.78, 5) is 24.3. The molecule has 0 fully saturated rings. The Hall–Kier alpha value is -2.90. The minimum Gasteiger partial charge on any atom is -0.325 e. The highest BCUT2D eigenvalue weighted by Gasteiger charge is 2.23. The first-order valence-electron chi connectivity index (χ1n) is 6.76. The maximum absolute atomic E-state index is 13.8. The lowest BCUT2D eigenvalue weighted by Gasteiger charge is -2.21. The maximum atomic E-state index is 13.8. The summed E-state index contributed by atoms with van der Waals surface area (Å²) in [5, 5.41) is 2.38. The number of anilines is 2. The van der Waals surface area contributed by atoms with Crippen LogP contribution in [0, 0.1) is 23.3 Å². The van der Waals surface area contributed by atoms with Crippen LogP contribution in [-0.4, -0.2) is 18.4 Å². The standard InChI is InChI=1S/C16H12F4N2O2/c1-9(23)22(13-7-6-12(18)15(19)16(13)20)8-14(24)21-11-4-2-10(17)3-5-11/h2-7H,8H2,1H3,(H,21,24). The van der Waals surface area contributed by atoms with E-state index in [1.54, 1.807) is 0 Å². The number of nitrogens with one attached hydrogen (secondary N) is 1. The fraction of sp³-hybridized carbons (Fsp3) is 0.125. The molecule has 2 amide bonds. The number of nitrogens with zero attached hydrogens (tertiary/aromatic N) is 1. The molecule has 0 aliphatic carbocycles. The molecule has 0 atom stereocenters. The number of carbonyl (C=O) groups is 2. The third-order valence-corrected chi connectivity index (χ3v) is 3.12. The van der Waals surface area contributed by atoms with Crippen LogP contribution < -0.4 is 10.2 Å². The van der Waals surface area contributed by atoms with Crippen molar-refractivity contribution in [1.29, 1.82) is 0 Å². The monoisotopic (exact) mass is 340 g/mol. The van der Waals surface area contributed by atoms with E-state index in [1.807, 2.05) is 0 Å². The molecule has 0 saturated carbocycles. The summed E-state index contributed by atoms with van der Waals surface area (Å²) in [5.74, 6) is -6.68. The SMILES string of the molecule is CC(=O)N(CC(=O)Nc1ccc(F)cc1)c1ccc(F)c(F)c1F. The number of benzene rings is 2. The predicted molar refractivity (Wildman–Crippen MR) is 79.4 cm³/mol. The summed E-state index contributed by atoms with van der Waals surface area (Å²) >= 11 is 0. The van der Waals surface area contributed by atoms with Crippen LogP contribution in [0.1, 0.15) is 6.92 Å². The summed E-state index contributed by atoms with van der Waals surface area (Å²) in [7, 11) is 0. The van der Waals surface area contributed by atoms with Crippen molar-refractivity contribution < 1.29 is 27.2 Å². The zero-order chi connectivity index (χ0) is 17.9. The second-order valence-corrected chi connectivity index (χ2v) is 4.85. The van der Waals surface area contributed by atoms with E-state index in [0.29, 0.717) is 11.0 Å². The van der Waals surface area contributed by atoms with E-state index in [4.69, 9.17) is 0 Å². The average molecular weight is 340 g/mol. The number of carbonyl (C=O) groups excluding carboxylic acids is 2. The molecule has 4 nitrogen and oxygen atoms in total. The summed E-state index contributed by atoms with van der Waals surface area (Å²) in [6.07, 6.45) is 0. The van der Waals surface area contributed by atoms with E-state index >= 15 is 0 Å². The van der Waals surface area contributed by atoms with E-state index in [9.17, 15) is 27.2 Å². The van der Waals surface area contributed by atoms with Crippen molar-refractivity contribution in [1.82, 2.24) is 0 Å². The molecule has 8 heteroatoms. The Bertz CT molecular complexity index is 778. The number of hydrogen-bond donors (Lipinski definition) is 1. The quantitative estimate of drug-likeness (QED) is 0.686. The Labute approximate surface area is 134 Å². The average Bonchev–Trinajstić information content (AvgIpc) is 2.53. The van der Waals surface area contributed by atoms with Crippen LogP contribution in [0.5, 0.6) is 0 Å². The molecule has 24 heavy (non-hydrogen) atoms. The topological polar surface area (TPSA) is 49.4 Å². The molecule has 0 heterocycles. The number of amides is 2. The normalized spacial score (nSPS) is 10.4. The van der Waals surface area contributed by atoms with Gasteiger partial charge in [0.05, 0.1) is 5.69 Å². The molecule has 0 bridgehead atoms. The molecule has 0 radical (unpaired) electrons. The lowest BCUT2D eigenvalue weighted by Crippen LogP contribution is -2.37. The largest absolute Gasteiger partial charge is 0.325 e. The molecule has 0 aliphatic heterocycles. The van der Waals surface area contributed by atoms with Crippen LogP contribution in [0.25, 0.3) is 0 Å². The van der Waals surface area contributed by atoms with Gasteiger partial charge in [-0.1, -0.05) is 0 Å². The van der Waals surface area contributed by atoms with Gasteiger partial charge in [-0.15, -0.1) is 0 Å². The minimum atomic E-state index is -1.74. The highest BCUT2D eigenvalue weighted by atomic mass is 19.2. The third-order valence-electron chi connectivity index (χ3n) is 3.12. The van der Waals surface area contributed by atoms with Gasteiger partial charge in [-0.3, -0.25) is 9.59 Å². The van der Waals surface area contributed by atoms with Gasteiger partial charge in [0.2, 0.25) is 11.8 Å². The number of rotatable bonds is 4. The first-order valence-corrected chi connectivity index (χ1v) is 6.76. The number of hydrogen-bond acceptors (Lipinski definition) is 2. The Morgan fingerprint density at radius 2 is 1.58 bits per heavy atom. The summed E-state index contributed by atoms with van der Waals surface area (Å²) < 4.78 is 52.9.